The van der Waals surface area contributed by atoms with Gasteiger partial charge in [0, 0.05) is 25.8 Å². The highest BCUT2D eigenvalue weighted by molar-refractivity contribution is 7.88. The lowest BCUT2D eigenvalue weighted by atomic mass is 10.3. The van der Waals surface area contributed by atoms with Crippen molar-refractivity contribution in [2.24, 2.45) is 0 Å². The van der Waals surface area contributed by atoms with Crippen LogP contribution < -0.4 is 5.32 Å². The van der Waals surface area contributed by atoms with E-state index in [1.54, 1.807) is 6.92 Å². The topological polar surface area (TPSA) is 95.2 Å². The molecular weight excluding hydrogens is 256 g/mol. The van der Waals surface area contributed by atoms with Crippen molar-refractivity contribution in [1.29, 1.82) is 0 Å². The molecule has 0 spiro atoms. The van der Waals surface area contributed by atoms with E-state index in [9.17, 15) is 13.2 Å². The van der Waals surface area contributed by atoms with Crippen LogP contribution in [0.1, 0.15) is 23.7 Å². The fourth-order valence-corrected chi connectivity index (χ4v) is 2.42. The number of aromatic amines is 1. The molecule has 1 aromatic heterocycles. The number of hydrogen-bond acceptors (Lipinski definition) is 4. The molecule has 1 aromatic rings. The number of nitrogens with one attached hydrogen (secondary N) is 2. The predicted molar refractivity (Wildman–Crippen MR) is 67.6 cm³/mol. The van der Waals surface area contributed by atoms with Crippen LogP contribution in [-0.2, 0) is 10.0 Å². The number of H-pyrrole nitrogens is 1. The first kappa shape index (κ1) is 14.7. The Balaban J connectivity index is 2.29. The predicted octanol–water partition coefficient (Wildman–Crippen LogP) is -0.189. The molecule has 1 amide bonds. The lowest BCUT2D eigenvalue weighted by Crippen LogP contribution is -2.33. The molecule has 0 saturated heterocycles. The van der Waals surface area contributed by atoms with Crippen molar-refractivity contribution in [3.05, 3.63) is 18.0 Å². The maximum Gasteiger partial charge on any atom is 0.254 e. The summed E-state index contributed by atoms with van der Waals surface area (Å²) in [6.07, 6.45) is 4.69. The molecule has 0 saturated carbocycles. The summed E-state index contributed by atoms with van der Waals surface area (Å²) in [5.41, 5.74) is 0.463. The molecule has 0 aromatic carbocycles. The normalized spacial score (nSPS) is 11.7. The van der Waals surface area contributed by atoms with E-state index in [-0.39, 0.29) is 5.91 Å². The third-order valence-electron chi connectivity index (χ3n) is 2.45. The summed E-state index contributed by atoms with van der Waals surface area (Å²) in [6, 6.07) is 0. The summed E-state index contributed by atoms with van der Waals surface area (Å²) in [5, 5.41) is 8.92. The van der Waals surface area contributed by atoms with E-state index in [2.05, 4.69) is 15.5 Å². The van der Waals surface area contributed by atoms with E-state index < -0.39 is 10.0 Å². The number of hydrogen-bond donors (Lipinski definition) is 2. The Morgan fingerprint density at radius 1 is 1.56 bits per heavy atom. The van der Waals surface area contributed by atoms with Gasteiger partial charge in [0.25, 0.3) is 5.91 Å². The number of rotatable bonds is 7. The minimum absolute atomic E-state index is 0.217. The summed E-state index contributed by atoms with van der Waals surface area (Å²) in [7, 11) is -3.15. The van der Waals surface area contributed by atoms with Crippen molar-refractivity contribution in [2.75, 3.05) is 25.9 Å². The maximum atomic E-state index is 11.5. The highest BCUT2D eigenvalue weighted by atomic mass is 32.2. The molecule has 0 fully saturated rings. The number of carbonyl (C=O) groups is 1. The first-order chi connectivity index (χ1) is 8.45. The third kappa shape index (κ3) is 4.46. The van der Waals surface area contributed by atoms with Crippen molar-refractivity contribution >= 4 is 15.9 Å². The van der Waals surface area contributed by atoms with E-state index in [4.69, 9.17) is 0 Å². The van der Waals surface area contributed by atoms with Gasteiger partial charge in [0.15, 0.2) is 0 Å². The van der Waals surface area contributed by atoms with Crippen LogP contribution in [0.25, 0.3) is 0 Å². The van der Waals surface area contributed by atoms with E-state index >= 15 is 0 Å². The molecule has 0 radical (unpaired) electrons. The second-order valence-electron chi connectivity index (χ2n) is 3.85. The zero-order valence-corrected chi connectivity index (χ0v) is 11.3. The smallest absolute Gasteiger partial charge is 0.254 e. The highest BCUT2D eigenvalue weighted by Crippen LogP contribution is 1.98. The molecule has 0 aliphatic heterocycles. The quantitative estimate of drug-likeness (QED) is 0.674. The van der Waals surface area contributed by atoms with Crippen LogP contribution >= 0.6 is 0 Å². The SMILES string of the molecule is CCN(CCCNC(=O)c1cn[nH]c1)S(C)(=O)=O. The fourth-order valence-electron chi connectivity index (χ4n) is 1.49. The zero-order chi connectivity index (χ0) is 13.6. The van der Waals surface area contributed by atoms with Gasteiger partial charge in [-0.3, -0.25) is 9.89 Å². The Morgan fingerprint density at radius 3 is 2.78 bits per heavy atom. The monoisotopic (exact) mass is 274 g/mol. The second kappa shape index (κ2) is 6.50. The molecule has 1 rings (SSSR count). The molecule has 0 bridgehead atoms. The van der Waals surface area contributed by atoms with Crippen LogP contribution in [0.15, 0.2) is 12.4 Å². The number of amides is 1. The van der Waals surface area contributed by atoms with E-state index in [0.717, 1.165) is 0 Å². The molecule has 18 heavy (non-hydrogen) atoms. The number of sulfonamides is 1. The summed E-state index contributed by atoms with van der Waals surface area (Å²) in [4.78, 5) is 11.5. The molecule has 0 aliphatic carbocycles. The van der Waals surface area contributed by atoms with Crippen LogP contribution in [-0.4, -0.2) is 54.7 Å². The molecule has 0 unspecified atom stereocenters. The molecule has 7 nitrogen and oxygen atoms in total. The minimum atomic E-state index is -3.15. The molecule has 8 heteroatoms. The van der Waals surface area contributed by atoms with Gasteiger partial charge in [-0.05, 0) is 6.42 Å². The standard InChI is InChI=1S/C10H18N4O3S/c1-3-14(18(2,16)17)6-4-5-11-10(15)9-7-12-13-8-9/h7-8H,3-6H2,1-2H3,(H,11,15)(H,12,13). The van der Waals surface area contributed by atoms with E-state index in [1.165, 1.54) is 23.0 Å². The summed E-state index contributed by atoms with van der Waals surface area (Å²) < 4.78 is 24.0. The van der Waals surface area contributed by atoms with E-state index in [0.29, 0.717) is 31.6 Å². The van der Waals surface area contributed by atoms with E-state index in [1.807, 2.05) is 0 Å². The highest BCUT2D eigenvalue weighted by Gasteiger charge is 2.13. The van der Waals surface area contributed by atoms with Gasteiger partial charge in [-0.25, -0.2) is 12.7 Å². The summed E-state index contributed by atoms with van der Waals surface area (Å²) >= 11 is 0. The van der Waals surface area contributed by atoms with Crippen molar-refractivity contribution in [2.45, 2.75) is 13.3 Å². The number of carbonyl (C=O) groups excluding carboxylic acids is 1. The molecule has 2 N–H and O–H groups in total. The second-order valence-corrected chi connectivity index (χ2v) is 5.83. The Kier molecular flexibility index (Phi) is 5.29. The summed E-state index contributed by atoms with van der Waals surface area (Å²) in [5.74, 6) is -0.217. The molecule has 1 heterocycles. The van der Waals surface area contributed by atoms with Gasteiger partial charge in [0.05, 0.1) is 18.0 Å². The van der Waals surface area contributed by atoms with Crippen LogP contribution in [0.5, 0.6) is 0 Å². The molecular formula is C10H18N4O3S. The molecule has 102 valence electrons. The first-order valence-corrected chi connectivity index (χ1v) is 7.52. The maximum absolute atomic E-state index is 11.5. The van der Waals surface area contributed by atoms with Crippen LogP contribution in [0.4, 0.5) is 0 Å². The third-order valence-corrected chi connectivity index (χ3v) is 3.83. The average molecular weight is 274 g/mol. The Hall–Kier alpha value is -1.41. The Bertz CT molecular complexity index is 469. The lowest BCUT2D eigenvalue weighted by Gasteiger charge is -2.17. The van der Waals surface area contributed by atoms with Crippen molar-refractivity contribution in [3.8, 4) is 0 Å². The average Bonchev–Trinajstić information content (AvgIpc) is 2.80. The Labute approximate surface area is 107 Å². The van der Waals surface area contributed by atoms with Gasteiger partial charge < -0.3 is 5.32 Å². The van der Waals surface area contributed by atoms with Crippen LogP contribution in [0.3, 0.4) is 0 Å². The van der Waals surface area contributed by atoms with Crippen molar-refractivity contribution in [3.63, 3.8) is 0 Å². The first-order valence-electron chi connectivity index (χ1n) is 5.67. The fraction of sp³-hybridized carbons (Fsp3) is 0.600. The van der Waals surface area contributed by atoms with Gasteiger partial charge in [-0.2, -0.15) is 5.10 Å². The van der Waals surface area contributed by atoms with Gasteiger partial charge in [0.1, 0.15) is 0 Å². The van der Waals surface area contributed by atoms with Crippen LogP contribution in [0.2, 0.25) is 0 Å². The molecule has 0 aliphatic rings. The van der Waals surface area contributed by atoms with Gasteiger partial charge in [-0.15, -0.1) is 0 Å². The zero-order valence-electron chi connectivity index (χ0n) is 10.5. The minimum Gasteiger partial charge on any atom is -0.352 e. The van der Waals surface area contributed by atoms with Gasteiger partial charge in [-0.1, -0.05) is 6.92 Å². The summed E-state index contributed by atoms with van der Waals surface area (Å²) in [6.45, 7) is 3.05. The van der Waals surface area contributed by atoms with Crippen molar-refractivity contribution < 1.29 is 13.2 Å². The Morgan fingerprint density at radius 2 is 2.28 bits per heavy atom. The van der Waals surface area contributed by atoms with Gasteiger partial charge >= 0.3 is 0 Å². The van der Waals surface area contributed by atoms with Crippen LogP contribution in [0, 0.1) is 0 Å². The number of aromatic nitrogens is 2. The lowest BCUT2D eigenvalue weighted by molar-refractivity contribution is 0.0953. The van der Waals surface area contributed by atoms with Crippen molar-refractivity contribution in [1.82, 2.24) is 19.8 Å². The largest absolute Gasteiger partial charge is 0.352 e. The van der Waals surface area contributed by atoms with Gasteiger partial charge in [0.2, 0.25) is 10.0 Å². The number of nitrogens with zero attached hydrogens (tertiary/aromatic N) is 2. The molecule has 0 atom stereocenters.